The molecule has 0 fully saturated rings. The summed E-state index contributed by atoms with van der Waals surface area (Å²) in [5.74, 6) is 0. The average Bonchev–Trinajstić information content (AvgIpc) is 2.37. The molecule has 2 nitrogen and oxygen atoms in total. The van der Waals surface area contributed by atoms with Gasteiger partial charge in [-0.2, -0.15) is 0 Å². The van der Waals surface area contributed by atoms with Crippen molar-refractivity contribution in [1.82, 2.24) is 5.32 Å². The Labute approximate surface area is 116 Å². The van der Waals surface area contributed by atoms with E-state index in [1.165, 1.54) is 5.56 Å². The second-order valence-electron chi connectivity index (χ2n) is 5.32. The summed E-state index contributed by atoms with van der Waals surface area (Å²) in [6.07, 6.45) is 3.16. The fraction of sp³-hybridized carbons (Fsp3) is 0.600. The third kappa shape index (κ3) is 5.38. The van der Waals surface area contributed by atoms with E-state index in [4.69, 9.17) is 16.3 Å². The molecule has 0 aliphatic rings. The highest BCUT2D eigenvalue weighted by Crippen LogP contribution is 2.19. The molecular formula is C15H24ClNO. The molecule has 18 heavy (non-hydrogen) atoms. The Morgan fingerprint density at radius 3 is 2.39 bits per heavy atom. The number of ether oxygens (including phenoxy) is 1. The maximum Gasteiger partial charge on any atom is 0.0623 e. The Morgan fingerprint density at radius 1 is 1.28 bits per heavy atom. The summed E-state index contributed by atoms with van der Waals surface area (Å²) in [5.41, 5.74) is 1.27. The third-order valence-electron chi connectivity index (χ3n) is 3.45. The number of rotatable bonds is 7. The molecule has 0 aromatic heterocycles. The van der Waals surface area contributed by atoms with Crippen LogP contribution in [0.4, 0.5) is 0 Å². The van der Waals surface area contributed by atoms with Gasteiger partial charge in [-0.25, -0.2) is 0 Å². The summed E-state index contributed by atoms with van der Waals surface area (Å²) in [6.45, 7) is 4.25. The van der Waals surface area contributed by atoms with Crippen LogP contribution in [-0.4, -0.2) is 25.8 Å². The van der Waals surface area contributed by atoms with Gasteiger partial charge in [0.2, 0.25) is 0 Å². The van der Waals surface area contributed by atoms with Crippen molar-refractivity contribution in [1.29, 1.82) is 0 Å². The highest BCUT2D eigenvalue weighted by Gasteiger charge is 2.18. The summed E-state index contributed by atoms with van der Waals surface area (Å²) in [6, 6.07) is 8.55. The van der Waals surface area contributed by atoms with Crippen molar-refractivity contribution in [3.8, 4) is 0 Å². The quantitative estimate of drug-likeness (QED) is 0.815. The molecule has 1 aromatic carbocycles. The lowest BCUT2D eigenvalue weighted by molar-refractivity contribution is 0.0119. The summed E-state index contributed by atoms with van der Waals surface area (Å²) in [7, 11) is 3.79. The first-order valence-electron chi connectivity index (χ1n) is 6.44. The molecule has 3 heteroatoms. The summed E-state index contributed by atoms with van der Waals surface area (Å²) in [5, 5.41) is 4.17. The van der Waals surface area contributed by atoms with Crippen LogP contribution >= 0.6 is 11.6 Å². The molecule has 1 atom stereocenters. The van der Waals surface area contributed by atoms with Gasteiger partial charge in [-0.05, 0) is 57.9 Å². The van der Waals surface area contributed by atoms with Crippen LogP contribution < -0.4 is 5.32 Å². The average molecular weight is 270 g/mol. The Kier molecular flexibility index (Phi) is 6.13. The summed E-state index contributed by atoms with van der Waals surface area (Å²) < 4.78 is 5.45. The molecular weight excluding hydrogens is 246 g/mol. The Balaban J connectivity index is 2.49. The van der Waals surface area contributed by atoms with Crippen LogP contribution in [0.3, 0.4) is 0 Å². The van der Waals surface area contributed by atoms with Crippen LogP contribution in [0.1, 0.15) is 32.3 Å². The SMILES string of the molecule is CNC(CCC(C)(C)OC)Cc1ccc(Cl)cc1. The number of hydrogen-bond donors (Lipinski definition) is 1. The van der Waals surface area contributed by atoms with Crippen LogP contribution in [0.5, 0.6) is 0 Å². The molecule has 0 saturated carbocycles. The van der Waals surface area contributed by atoms with Crippen molar-refractivity contribution in [2.45, 2.75) is 44.8 Å². The molecule has 0 bridgehead atoms. The minimum Gasteiger partial charge on any atom is -0.379 e. The molecule has 0 aliphatic heterocycles. The van der Waals surface area contributed by atoms with E-state index in [-0.39, 0.29) is 5.60 Å². The molecule has 0 amide bonds. The second kappa shape index (κ2) is 7.13. The predicted molar refractivity (Wildman–Crippen MR) is 78.3 cm³/mol. The monoisotopic (exact) mass is 269 g/mol. The van der Waals surface area contributed by atoms with Crippen molar-refractivity contribution in [2.75, 3.05) is 14.2 Å². The van der Waals surface area contributed by atoms with Crippen LogP contribution in [0, 0.1) is 0 Å². The first-order chi connectivity index (χ1) is 8.46. The number of nitrogens with one attached hydrogen (secondary N) is 1. The van der Waals surface area contributed by atoms with Crippen LogP contribution in [0.15, 0.2) is 24.3 Å². The number of halogens is 1. The van der Waals surface area contributed by atoms with Crippen molar-refractivity contribution in [3.05, 3.63) is 34.9 Å². The van der Waals surface area contributed by atoms with Gasteiger partial charge in [-0.1, -0.05) is 23.7 Å². The largest absolute Gasteiger partial charge is 0.379 e. The van der Waals surface area contributed by atoms with E-state index in [9.17, 15) is 0 Å². The molecule has 0 saturated heterocycles. The number of likely N-dealkylation sites (N-methyl/N-ethyl adjacent to an activating group) is 1. The van der Waals surface area contributed by atoms with Crippen molar-refractivity contribution in [3.63, 3.8) is 0 Å². The molecule has 0 radical (unpaired) electrons. The molecule has 1 rings (SSSR count). The van der Waals surface area contributed by atoms with E-state index in [0.29, 0.717) is 6.04 Å². The van der Waals surface area contributed by atoms with Gasteiger partial charge in [-0.15, -0.1) is 0 Å². The Hall–Kier alpha value is -0.570. The van der Waals surface area contributed by atoms with Crippen LogP contribution in [0.2, 0.25) is 5.02 Å². The van der Waals surface area contributed by atoms with Crippen molar-refractivity contribution >= 4 is 11.6 Å². The zero-order valence-electron chi connectivity index (χ0n) is 11.8. The predicted octanol–water partition coefficient (Wildman–Crippen LogP) is 3.68. The van der Waals surface area contributed by atoms with Crippen LogP contribution in [0.25, 0.3) is 0 Å². The molecule has 102 valence electrons. The standard InChI is InChI=1S/C15H24ClNO/c1-15(2,18-4)10-9-14(17-3)11-12-5-7-13(16)8-6-12/h5-8,14,17H,9-11H2,1-4H3. The Bertz CT molecular complexity index is 348. The first-order valence-corrected chi connectivity index (χ1v) is 6.81. The fourth-order valence-corrected chi connectivity index (χ4v) is 2.00. The maximum absolute atomic E-state index is 5.89. The molecule has 0 aliphatic carbocycles. The van der Waals surface area contributed by atoms with Crippen molar-refractivity contribution < 1.29 is 4.74 Å². The van der Waals surface area contributed by atoms with E-state index in [1.54, 1.807) is 7.11 Å². The van der Waals surface area contributed by atoms with Gasteiger partial charge >= 0.3 is 0 Å². The topological polar surface area (TPSA) is 21.3 Å². The lowest BCUT2D eigenvalue weighted by Crippen LogP contribution is -2.31. The van der Waals surface area contributed by atoms with E-state index in [0.717, 1.165) is 24.3 Å². The highest BCUT2D eigenvalue weighted by molar-refractivity contribution is 6.30. The van der Waals surface area contributed by atoms with E-state index in [1.807, 2.05) is 19.2 Å². The minimum atomic E-state index is -0.0465. The van der Waals surface area contributed by atoms with Gasteiger partial charge in [0.15, 0.2) is 0 Å². The number of methoxy groups -OCH3 is 1. The van der Waals surface area contributed by atoms with Gasteiger partial charge < -0.3 is 10.1 Å². The number of hydrogen-bond acceptors (Lipinski definition) is 2. The summed E-state index contributed by atoms with van der Waals surface area (Å²) in [4.78, 5) is 0. The maximum atomic E-state index is 5.89. The zero-order chi connectivity index (χ0) is 13.6. The molecule has 1 N–H and O–H groups in total. The smallest absolute Gasteiger partial charge is 0.0623 e. The lowest BCUT2D eigenvalue weighted by atomic mass is 9.95. The van der Waals surface area contributed by atoms with Gasteiger partial charge in [0, 0.05) is 18.2 Å². The molecule has 0 spiro atoms. The number of benzene rings is 1. The third-order valence-corrected chi connectivity index (χ3v) is 3.70. The van der Waals surface area contributed by atoms with E-state index >= 15 is 0 Å². The van der Waals surface area contributed by atoms with Gasteiger partial charge in [0.05, 0.1) is 5.60 Å². The van der Waals surface area contributed by atoms with Crippen molar-refractivity contribution in [2.24, 2.45) is 0 Å². The lowest BCUT2D eigenvalue weighted by Gasteiger charge is -2.26. The highest BCUT2D eigenvalue weighted by atomic mass is 35.5. The van der Waals surface area contributed by atoms with Crippen LogP contribution in [-0.2, 0) is 11.2 Å². The van der Waals surface area contributed by atoms with Gasteiger partial charge in [0.25, 0.3) is 0 Å². The molecule has 1 aromatic rings. The zero-order valence-corrected chi connectivity index (χ0v) is 12.6. The summed E-state index contributed by atoms with van der Waals surface area (Å²) >= 11 is 5.89. The first kappa shape index (κ1) is 15.5. The molecule has 0 heterocycles. The minimum absolute atomic E-state index is 0.0465. The van der Waals surface area contributed by atoms with E-state index in [2.05, 4.69) is 31.3 Å². The van der Waals surface area contributed by atoms with E-state index < -0.39 is 0 Å². The second-order valence-corrected chi connectivity index (χ2v) is 5.76. The van der Waals surface area contributed by atoms with Gasteiger partial charge in [-0.3, -0.25) is 0 Å². The fourth-order valence-electron chi connectivity index (χ4n) is 1.88. The Morgan fingerprint density at radius 2 is 1.89 bits per heavy atom. The van der Waals surface area contributed by atoms with Gasteiger partial charge in [0.1, 0.15) is 0 Å². The normalized spacial score (nSPS) is 13.6. The molecule has 1 unspecified atom stereocenters.